The van der Waals surface area contributed by atoms with Crippen LogP contribution in [-0.2, 0) is 7.05 Å². The summed E-state index contributed by atoms with van der Waals surface area (Å²) in [6.45, 7) is 0.557. The summed E-state index contributed by atoms with van der Waals surface area (Å²) >= 11 is 0. The molecule has 0 radical (unpaired) electrons. The van der Waals surface area contributed by atoms with Crippen LogP contribution in [0.4, 0.5) is 4.79 Å². The van der Waals surface area contributed by atoms with E-state index in [0.717, 1.165) is 24.8 Å². The first-order chi connectivity index (χ1) is 10.1. The number of nitrogens with zero attached hydrogens (tertiary/aromatic N) is 3. The minimum atomic E-state index is -0.109. The number of carbonyl (C=O) groups is 1. The first-order valence-corrected chi connectivity index (χ1v) is 7.42. The van der Waals surface area contributed by atoms with Crippen molar-refractivity contribution >= 4 is 6.03 Å². The molecule has 1 aliphatic rings. The highest BCUT2D eigenvalue weighted by Gasteiger charge is 2.18. The van der Waals surface area contributed by atoms with Gasteiger partial charge in [0.2, 0.25) is 0 Å². The summed E-state index contributed by atoms with van der Waals surface area (Å²) < 4.78 is 1.78. The van der Waals surface area contributed by atoms with E-state index in [2.05, 4.69) is 32.8 Å². The number of hydrogen-bond acceptors (Lipinski definition) is 3. The van der Waals surface area contributed by atoms with Gasteiger partial charge in [-0.15, -0.1) is 0 Å². The zero-order chi connectivity index (χ0) is 15.2. The molecule has 116 valence electrons. The summed E-state index contributed by atoms with van der Waals surface area (Å²) in [6, 6.07) is 0.170. The van der Waals surface area contributed by atoms with E-state index in [0.29, 0.717) is 6.54 Å². The summed E-state index contributed by atoms with van der Waals surface area (Å²) in [6.07, 6.45) is 11.3. The monoisotopic (exact) mass is 291 g/mol. The lowest BCUT2D eigenvalue weighted by molar-refractivity contribution is 0.230. The largest absolute Gasteiger partial charge is 0.336 e. The number of rotatable bonds is 5. The number of carbonyl (C=O) groups excluding carboxylic acids is 1. The Morgan fingerprint density at radius 3 is 2.95 bits per heavy atom. The van der Waals surface area contributed by atoms with Crippen LogP contribution in [0.2, 0.25) is 0 Å². The summed E-state index contributed by atoms with van der Waals surface area (Å²) in [7, 11) is 5.90. The summed E-state index contributed by atoms with van der Waals surface area (Å²) in [4.78, 5) is 14.1. The van der Waals surface area contributed by atoms with Crippen molar-refractivity contribution in [3.8, 4) is 0 Å². The first kappa shape index (κ1) is 15.6. The van der Waals surface area contributed by atoms with E-state index in [-0.39, 0.29) is 18.1 Å². The number of likely N-dealkylation sites (N-methyl/N-ethyl adjacent to an activating group) is 1. The van der Waals surface area contributed by atoms with Gasteiger partial charge in [0.15, 0.2) is 0 Å². The van der Waals surface area contributed by atoms with Crippen LogP contribution in [0.1, 0.15) is 30.9 Å². The number of allylic oxidation sites excluding steroid dienone is 1. The highest BCUT2D eigenvalue weighted by molar-refractivity contribution is 5.74. The van der Waals surface area contributed by atoms with E-state index < -0.39 is 0 Å². The number of nitrogens with one attached hydrogen (secondary N) is 2. The maximum atomic E-state index is 12.0. The quantitative estimate of drug-likeness (QED) is 0.807. The molecule has 0 spiro atoms. The molecule has 1 heterocycles. The second-order valence-electron chi connectivity index (χ2n) is 5.75. The molecule has 21 heavy (non-hydrogen) atoms. The Kier molecular flexibility index (Phi) is 5.38. The standard InChI is InChI=1S/C15H25N5O/c1-19(2)14(12-9-17-20(3)11-12)10-16-15(21)18-13-7-5-4-6-8-13/h5,7,9,11,13-14H,4,6,8,10H2,1-3H3,(H2,16,18,21)/t13-,14-/m1/s1. The molecule has 0 bridgehead atoms. The van der Waals surface area contributed by atoms with Crippen LogP contribution in [0, 0.1) is 0 Å². The molecular weight excluding hydrogens is 266 g/mol. The Balaban J connectivity index is 1.85. The van der Waals surface area contributed by atoms with Gasteiger partial charge in [0.25, 0.3) is 0 Å². The first-order valence-electron chi connectivity index (χ1n) is 7.42. The van der Waals surface area contributed by atoms with Crippen LogP contribution in [0.5, 0.6) is 0 Å². The van der Waals surface area contributed by atoms with Crippen molar-refractivity contribution in [1.82, 2.24) is 25.3 Å². The Labute approximate surface area is 126 Å². The predicted molar refractivity (Wildman–Crippen MR) is 82.9 cm³/mol. The molecule has 1 aliphatic carbocycles. The summed E-state index contributed by atoms with van der Waals surface area (Å²) in [5.41, 5.74) is 1.10. The highest BCUT2D eigenvalue weighted by atomic mass is 16.2. The number of amides is 2. The molecule has 0 unspecified atom stereocenters. The minimum absolute atomic E-state index is 0.109. The molecule has 1 aromatic heterocycles. The van der Waals surface area contributed by atoms with Gasteiger partial charge in [0.05, 0.1) is 12.2 Å². The van der Waals surface area contributed by atoms with E-state index in [9.17, 15) is 4.79 Å². The normalized spacial score (nSPS) is 19.5. The second kappa shape index (κ2) is 7.26. The summed E-state index contributed by atoms with van der Waals surface area (Å²) in [5.74, 6) is 0. The van der Waals surface area contributed by atoms with Crippen molar-refractivity contribution < 1.29 is 4.79 Å². The number of aromatic nitrogens is 2. The fraction of sp³-hybridized carbons (Fsp3) is 0.600. The van der Waals surface area contributed by atoms with E-state index in [4.69, 9.17) is 0 Å². The fourth-order valence-electron chi connectivity index (χ4n) is 2.55. The Morgan fingerprint density at radius 1 is 1.57 bits per heavy atom. The Bertz CT molecular complexity index is 494. The van der Waals surface area contributed by atoms with Gasteiger partial charge in [-0.2, -0.15) is 5.10 Å². The zero-order valence-corrected chi connectivity index (χ0v) is 13.0. The minimum Gasteiger partial charge on any atom is -0.336 e. The lowest BCUT2D eigenvalue weighted by Crippen LogP contribution is -2.44. The average molecular weight is 291 g/mol. The molecule has 6 heteroatoms. The van der Waals surface area contributed by atoms with Gasteiger partial charge >= 0.3 is 6.03 Å². The van der Waals surface area contributed by atoms with Gasteiger partial charge in [-0.3, -0.25) is 4.68 Å². The molecule has 2 amide bonds. The van der Waals surface area contributed by atoms with Crippen molar-refractivity contribution in [2.45, 2.75) is 31.3 Å². The smallest absolute Gasteiger partial charge is 0.315 e. The topological polar surface area (TPSA) is 62.2 Å². The van der Waals surface area contributed by atoms with Crippen molar-refractivity contribution in [1.29, 1.82) is 0 Å². The van der Waals surface area contributed by atoms with Crippen LogP contribution in [-0.4, -0.2) is 47.4 Å². The fourth-order valence-corrected chi connectivity index (χ4v) is 2.55. The van der Waals surface area contributed by atoms with E-state index in [1.807, 2.05) is 33.5 Å². The summed E-state index contributed by atoms with van der Waals surface area (Å²) in [5, 5.41) is 10.1. The molecular formula is C15H25N5O. The van der Waals surface area contributed by atoms with Gasteiger partial charge in [-0.25, -0.2) is 4.79 Å². The second-order valence-corrected chi connectivity index (χ2v) is 5.75. The van der Waals surface area contributed by atoms with Gasteiger partial charge < -0.3 is 15.5 Å². The molecule has 2 rings (SSSR count). The van der Waals surface area contributed by atoms with Crippen molar-refractivity contribution in [3.63, 3.8) is 0 Å². The maximum Gasteiger partial charge on any atom is 0.315 e. The third-order valence-electron chi connectivity index (χ3n) is 3.76. The van der Waals surface area contributed by atoms with Gasteiger partial charge in [-0.05, 0) is 33.4 Å². The maximum absolute atomic E-state index is 12.0. The lowest BCUT2D eigenvalue weighted by atomic mass is 10.0. The highest BCUT2D eigenvalue weighted by Crippen LogP contribution is 2.16. The molecule has 0 aromatic carbocycles. The molecule has 0 fully saturated rings. The molecule has 0 saturated carbocycles. The number of aryl methyl sites for hydroxylation is 1. The third kappa shape index (κ3) is 4.60. The van der Waals surface area contributed by atoms with E-state index in [1.54, 1.807) is 4.68 Å². The van der Waals surface area contributed by atoms with Gasteiger partial charge in [0.1, 0.15) is 0 Å². The SMILES string of the molecule is CN(C)[C@H](CNC(=O)N[C@@H]1C=CCCC1)c1cnn(C)c1. The van der Waals surface area contributed by atoms with Crippen molar-refractivity contribution in [2.24, 2.45) is 7.05 Å². The Morgan fingerprint density at radius 2 is 2.38 bits per heavy atom. The molecule has 2 atom stereocenters. The lowest BCUT2D eigenvalue weighted by Gasteiger charge is -2.24. The number of hydrogen-bond donors (Lipinski definition) is 2. The van der Waals surface area contributed by atoms with Crippen LogP contribution >= 0.6 is 0 Å². The molecule has 2 N–H and O–H groups in total. The van der Waals surface area contributed by atoms with Crippen LogP contribution in [0.15, 0.2) is 24.5 Å². The van der Waals surface area contributed by atoms with Crippen molar-refractivity contribution in [3.05, 3.63) is 30.1 Å². The van der Waals surface area contributed by atoms with E-state index in [1.165, 1.54) is 0 Å². The molecule has 6 nitrogen and oxygen atoms in total. The van der Waals surface area contributed by atoms with Gasteiger partial charge in [0, 0.05) is 31.4 Å². The van der Waals surface area contributed by atoms with Crippen LogP contribution in [0.3, 0.4) is 0 Å². The van der Waals surface area contributed by atoms with Crippen LogP contribution in [0.25, 0.3) is 0 Å². The van der Waals surface area contributed by atoms with Crippen LogP contribution < -0.4 is 10.6 Å². The predicted octanol–water partition coefficient (Wildman–Crippen LogP) is 1.43. The molecule has 0 saturated heterocycles. The molecule has 1 aromatic rings. The van der Waals surface area contributed by atoms with Crippen molar-refractivity contribution in [2.75, 3.05) is 20.6 Å². The number of urea groups is 1. The third-order valence-corrected chi connectivity index (χ3v) is 3.76. The Hall–Kier alpha value is -1.82. The van der Waals surface area contributed by atoms with E-state index >= 15 is 0 Å². The molecule has 0 aliphatic heterocycles. The van der Waals surface area contributed by atoms with Gasteiger partial charge in [-0.1, -0.05) is 12.2 Å². The average Bonchev–Trinajstić information content (AvgIpc) is 2.86. The zero-order valence-electron chi connectivity index (χ0n) is 13.0.